The molecule has 0 aliphatic rings. The Morgan fingerprint density at radius 2 is 2.11 bits per heavy atom. The summed E-state index contributed by atoms with van der Waals surface area (Å²) in [5, 5.41) is 13.4. The van der Waals surface area contributed by atoms with E-state index in [-0.39, 0.29) is 12.2 Å². The lowest BCUT2D eigenvalue weighted by Gasteiger charge is -2.14. The van der Waals surface area contributed by atoms with E-state index in [1.807, 2.05) is 0 Å². The van der Waals surface area contributed by atoms with Crippen molar-refractivity contribution in [2.45, 2.75) is 12.6 Å². The fourth-order valence-electron chi connectivity index (χ4n) is 1.38. The minimum absolute atomic E-state index is 0.0297. The van der Waals surface area contributed by atoms with E-state index in [1.165, 1.54) is 19.2 Å². The maximum absolute atomic E-state index is 11.3. The van der Waals surface area contributed by atoms with Crippen LogP contribution < -0.4 is 11.1 Å². The predicted octanol–water partition coefficient (Wildman–Crippen LogP) is 0.185. The summed E-state index contributed by atoms with van der Waals surface area (Å²) >= 11 is 0. The van der Waals surface area contributed by atoms with Crippen LogP contribution in [0.3, 0.4) is 0 Å². The number of nitrogens with two attached hydrogens (primary N) is 1. The fraction of sp³-hybridized carbons (Fsp3) is 0.364. The Morgan fingerprint density at radius 1 is 1.50 bits per heavy atom. The number of ether oxygens (including phenoxy) is 1. The number of methoxy groups -OCH3 is 1. The summed E-state index contributed by atoms with van der Waals surface area (Å²) in [7, 11) is 1.29. The second-order valence-corrected chi connectivity index (χ2v) is 3.62. The van der Waals surface area contributed by atoms with Gasteiger partial charge in [-0.25, -0.2) is 0 Å². The van der Waals surface area contributed by atoms with Crippen molar-refractivity contribution in [1.82, 2.24) is 5.32 Å². The molecule has 0 heterocycles. The zero-order chi connectivity index (χ0) is 13.5. The highest BCUT2D eigenvalue weighted by molar-refractivity contribution is 5.75. The molecule has 18 heavy (non-hydrogen) atoms. The Bertz CT molecular complexity index is 419. The normalized spacial score (nSPS) is 11.9. The summed E-state index contributed by atoms with van der Waals surface area (Å²) in [5.41, 5.74) is 6.28. The van der Waals surface area contributed by atoms with Crippen molar-refractivity contribution in [3.05, 3.63) is 39.9 Å². The van der Waals surface area contributed by atoms with Gasteiger partial charge in [0.2, 0.25) is 0 Å². The lowest BCUT2D eigenvalue weighted by Crippen LogP contribution is -2.42. The predicted molar refractivity (Wildman–Crippen MR) is 64.8 cm³/mol. The van der Waals surface area contributed by atoms with E-state index < -0.39 is 16.9 Å². The van der Waals surface area contributed by atoms with Gasteiger partial charge in [-0.15, -0.1) is 0 Å². The number of benzene rings is 1. The van der Waals surface area contributed by atoms with E-state index in [0.29, 0.717) is 6.54 Å². The van der Waals surface area contributed by atoms with Gasteiger partial charge in [-0.3, -0.25) is 20.2 Å². The van der Waals surface area contributed by atoms with Crippen LogP contribution in [0.2, 0.25) is 0 Å². The van der Waals surface area contributed by atoms with Gasteiger partial charge in [0.05, 0.1) is 12.0 Å². The molecule has 0 aliphatic heterocycles. The van der Waals surface area contributed by atoms with Gasteiger partial charge < -0.3 is 10.5 Å². The lowest BCUT2D eigenvalue weighted by molar-refractivity contribution is -0.384. The Labute approximate surface area is 104 Å². The molecule has 0 spiro atoms. The molecule has 1 rings (SSSR count). The highest BCUT2D eigenvalue weighted by Gasteiger charge is 2.16. The average Bonchev–Trinajstić information content (AvgIpc) is 2.39. The third kappa shape index (κ3) is 3.79. The second-order valence-electron chi connectivity index (χ2n) is 3.62. The molecule has 1 aromatic rings. The third-order valence-electron chi connectivity index (χ3n) is 2.42. The van der Waals surface area contributed by atoms with E-state index in [0.717, 1.165) is 5.56 Å². The van der Waals surface area contributed by atoms with Crippen LogP contribution in [-0.4, -0.2) is 30.6 Å². The first kappa shape index (κ1) is 14.1. The molecular weight excluding hydrogens is 238 g/mol. The van der Waals surface area contributed by atoms with Crippen LogP contribution in [-0.2, 0) is 16.1 Å². The monoisotopic (exact) mass is 253 g/mol. The van der Waals surface area contributed by atoms with E-state index >= 15 is 0 Å². The topological polar surface area (TPSA) is 107 Å². The smallest absolute Gasteiger partial charge is 0.324 e. The molecule has 1 aromatic carbocycles. The number of carbonyl (C=O) groups excluding carboxylic acids is 1. The molecule has 0 aliphatic carbocycles. The van der Waals surface area contributed by atoms with Gasteiger partial charge in [-0.2, -0.15) is 0 Å². The first-order chi connectivity index (χ1) is 8.58. The number of esters is 1. The van der Waals surface area contributed by atoms with Crippen LogP contribution in [0.4, 0.5) is 5.69 Å². The SMILES string of the molecule is COC(=O)C(CN)NCc1ccc([N+](=O)[O-])cc1. The number of hydrogen-bond donors (Lipinski definition) is 2. The lowest BCUT2D eigenvalue weighted by atomic mass is 10.2. The molecule has 1 unspecified atom stereocenters. The van der Waals surface area contributed by atoms with Gasteiger partial charge in [-0.1, -0.05) is 12.1 Å². The quantitative estimate of drug-likeness (QED) is 0.425. The Hall–Kier alpha value is -1.99. The van der Waals surface area contributed by atoms with Crippen LogP contribution in [0, 0.1) is 10.1 Å². The fourth-order valence-corrected chi connectivity index (χ4v) is 1.38. The van der Waals surface area contributed by atoms with Crippen molar-refractivity contribution in [1.29, 1.82) is 0 Å². The van der Waals surface area contributed by atoms with Crippen LogP contribution >= 0.6 is 0 Å². The van der Waals surface area contributed by atoms with Crippen molar-refractivity contribution in [3.63, 3.8) is 0 Å². The van der Waals surface area contributed by atoms with Crippen molar-refractivity contribution in [2.75, 3.05) is 13.7 Å². The van der Waals surface area contributed by atoms with E-state index in [4.69, 9.17) is 5.73 Å². The largest absolute Gasteiger partial charge is 0.468 e. The summed E-state index contributed by atoms with van der Waals surface area (Å²) in [4.78, 5) is 21.3. The molecule has 0 aromatic heterocycles. The molecular formula is C11H15N3O4. The Balaban J connectivity index is 2.57. The number of hydrogen-bond acceptors (Lipinski definition) is 6. The van der Waals surface area contributed by atoms with Gasteiger partial charge in [0.15, 0.2) is 0 Å². The van der Waals surface area contributed by atoms with Crippen molar-refractivity contribution in [2.24, 2.45) is 5.73 Å². The van der Waals surface area contributed by atoms with Crippen molar-refractivity contribution < 1.29 is 14.5 Å². The van der Waals surface area contributed by atoms with Gasteiger partial charge in [0.1, 0.15) is 6.04 Å². The number of non-ortho nitro benzene ring substituents is 1. The minimum atomic E-state index is -0.579. The van der Waals surface area contributed by atoms with E-state index in [2.05, 4.69) is 10.1 Å². The first-order valence-corrected chi connectivity index (χ1v) is 5.33. The zero-order valence-electron chi connectivity index (χ0n) is 9.96. The molecule has 3 N–H and O–H groups in total. The first-order valence-electron chi connectivity index (χ1n) is 5.33. The third-order valence-corrected chi connectivity index (χ3v) is 2.42. The summed E-state index contributed by atoms with van der Waals surface area (Å²) in [6, 6.07) is 5.48. The number of carbonyl (C=O) groups is 1. The number of nitrogens with zero attached hydrogens (tertiary/aromatic N) is 1. The van der Waals surface area contributed by atoms with Gasteiger partial charge in [0, 0.05) is 25.2 Å². The molecule has 0 fully saturated rings. The van der Waals surface area contributed by atoms with Crippen LogP contribution in [0.1, 0.15) is 5.56 Å². The number of rotatable bonds is 6. The Kier molecular flexibility index (Phi) is 5.22. The number of nitro benzene ring substituents is 1. The number of nitrogens with one attached hydrogen (secondary N) is 1. The zero-order valence-corrected chi connectivity index (χ0v) is 9.96. The summed E-state index contributed by atoms with van der Waals surface area (Å²) in [6.07, 6.45) is 0. The highest BCUT2D eigenvalue weighted by atomic mass is 16.6. The highest BCUT2D eigenvalue weighted by Crippen LogP contribution is 2.11. The number of nitro groups is 1. The summed E-state index contributed by atoms with van der Waals surface area (Å²) < 4.78 is 4.57. The van der Waals surface area contributed by atoms with E-state index in [9.17, 15) is 14.9 Å². The summed E-state index contributed by atoms with van der Waals surface area (Å²) in [6.45, 7) is 0.509. The standard InChI is InChI=1S/C11H15N3O4/c1-18-11(15)10(6-12)13-7-8-2-4-9(5-3-8)14(16)17/h2-5,10,13H,6-7,12H2,1H3. The molecule has 0 bridgehead atoms. The van der Waals surface area contributed by atoms with Crippen LogP contribution in [0.15, 0.2) is 24.3 Å². The molecule has 7 nitrogen and oxygen atoms in total. The molecule has 0 saturated heterocycles. The molecule has 0 radical (unpaired) electrons. The maximum atomic E-state index is 11.3. The van der Waals surface area contributed by atoms with Gasteiger partial charge >= 0.3 is 5.97 Å². The van der Waals surface area contributed by atoms with Crippen molar-refractivity contribution >= 4 is 11.7 Å². The second kappa shape index (κ2) is 6.67. The molecule has 1 atom stereocenters. The minimum Gasteiger partial charge on any atom is -0.468 e. The molecule has 98 valence electrons. The Morgan fingerprint density at radius 3 is 2.56 bits per heavy atom. The van der Waals surface area contributed by atoms with Gasteiger partial charge in [-0.05, 0) is 5.56 Å². The van der Waals surface area contributed by atoms with Crippen LogP contribution in [0.5, 0.6) is 0 Å². The molecule has 0 saturated carbocycles. The van der Waals surface area contributed by atoms with Crippen molar-refractivity contribution in [3.8, 4) is 0 Å². The molecule has 0 amide bonds. The van der Waals surface area contributed by atoms with Crippen LogP contribution in [0.25, 0.3) is 0 Å². The average molecular weight is 253 g/mol. The molecule has 7 heteroatoms. The van der Waals surface area contributed by atoms with E-state index in [1.54, 1.807) is 12.1 Å². The summed E-state index contributed by atoms with van der Waals surface area (Å²) in [5.74, 6) is -0.431. The maximum Gasteiger partial charge on any atom is 0.324 e. The van der Waals surface area contributed by atoms with Gasteiger partial charge in [0.25, 0.3) is 5.69 Å².